The Hall–Kier alpha value is -3.84. The molecule has 1 fully saturated rings. The number of amides is 2. The first-order chi connectivity index (χ1) is 17.1. The van der Waals surface area contributed by atoms with Gasteiger partial charge in [-0.3, -0.25) is 14.6 Å². The van der Waals surface area contributed by atoms with Crippen molar-refractivity contribution in [3.8, 4) is 16.9 Å². The van der Waals surface area contributed by atoms with Crippen LogP contribution in [0.15, 0.2) is 60.7 Å². The number of fused-ring (bicyclic) bond motifs is 4. The Morgan fingerprint density at radius 3 is 2.54 bits per heavy atom. The number of carbonyl (C=O) groups is 2. The first-order valence-electron chi connectivity index (χ1n) is 12.1. The summed E-state index contributed by atoms with van der Waals surface area (Å²) in [6.07, 6.45) is 1.89. The van der Waals surface area contributed by atoms with E-state index in [1.807, 2.05) is 42.5 Å². The lowest BCUT2D eigenvalue weighted by Gasteiger charge is -2.40. The molecule has 0 aromatic heterocycles. The molecular weight excluding hydrogens is 442 g/mol. The second kappa shape index (κ2) is 8.74. The summed E-state index contributed by atoms with van der Waals surface area (Å²) >= 11 is 0. The number of para-hydroxylation sites is 1. The van der Waals surface area contributed by atoms with Crippen LogP contribution in [0.25, 0.3) is 11.1 Å². The fraction of sp³-hybridized carbons (Fsp3) is 0.286. The Labute approximate surface area is 203 Å². The number of carbonyl (C=O) groups excluding carboxylic acids is 2. The summed E-state index contributed by atoms with van der Waals surface area (Å²) in [4.78, 5) is 29.2. The van der Waals surface area contributed by atoms with Crippen LogP contribution < -0.4 is 10.2 Å². The zero-order valence-electron chi connectivity index (χ0n) is 19.4. The molecule has 0 bridgehead atoms. The minimum absolute atomic E-state index is 0.0469. The van der Waals surface area contributed by atoms with Gasteiger partial charge in [0.2, 0.25) is 5.91 Å². The molecule has 0 radical (unpaired) electrons. The molecule has 0 saturated carbocycles. The average molecular weight is 470 g/mol. The number of aromatic hydroxyl groups is 1. The van der Waals surface area contributed by atoms with E-state index >= 15 is 0 Å². The normalized spacial score (nSPS) is 17.4. The number of nitrogens with zero attached hydrogens (tertiary/aromatic N) is 2. The molecule has 7 heteroatoms. The van der Waals surface area contributed by atoms with Gasteiger partial charge in [0.15, 0.2) is 0 Å². The van der Waals surface area contributed by atoms with Crippen molar-refractivity contribution in [2.45, 2.75) is 31.9 Å². The largest absolute Gasteiger partial charge is 0.505 e. The Morgan fingerprint density at radius 1 is 0.971 bits per heavy atom. The molecule has 6 rings (SSSR count). The molecular formula is C28H27N3O4. The third-order valence-corrected chi connectivity index (χ3v) is 7.32. The first-order valence-corrected chi connectivity index (χ1v) is 12.1. The van der Waals surface area contributed by atoms with Crippen LogP contribution in [0.2, 0.25) is 0 Å². The summed E-state index contributed by atoms with van der Waals surface area (Å²) in [5.74, 6) is -0.00928. The van der Waals surface area contributed by atoms with Crippen molar-refractivity contribution in [3.63, 3.8) is 0 Å². The minimum atomic E-state index is -0.297. The van der Waals surface area contributed by atoms with Crippen molar-refractivity contribution in [1.29, 1.82) is 0 Å². The van der Waals surface area contributed by atoms with E-state index in [1.165, 1.54) is 5.56 Å². The van der Waals surface area contributed by atoms with E-state index in [-0.39, 0.29) is 30.3 Å². The minimum Gasteiger partial charge on any atom is -0.505 e. The number of hydrogen-bond donors (Lipinski definition) is 2. The molecule has 1 aliphatic carbocycles. The van der Waals surface area contributed by atoms with Crippen molar-refractivity contribution in [1.82, 2.24) is 4.90 Å². The van der Waals surface area contributed by atoms with Crippen molar-refractivity contribution in [2.24, 2.45) is 0 Å². The van der Waals surface area contributed by atoms with Crippen LogP contribution in [0.5, 0.6) is 5.75 Å². The average Bonchev–Trinajstić information content (AvgIpc) is 3.26. The Bertz CT molecular complexity index is 1310. The number of phenols is 1. The summed E-state index contributed by atoms with van der Waals surface area (Å²) in [6.45, 7) is 1.96. The number of rotatable bonds is 4. The maximum Gasteiger partial charge on any atom is 0.414 e. The van der Waals surface area contributed by atoms with E-state index in [9.17, 15) is 14.7 Å². The van der Waals surface area contributed by atoms with Gasteiger partial charge in [0.1, 0.15) is 12.4 Å². The molecule has 1 saturated heterocycles. The highest BCUT2D eigenvalue weighted by molar-refractivity contribution is 5.95. The molecule has 35 heavy (non-hydrogen) atoms. The SMILES string of the molecule is O=C(CN1CCC(N2C(=O)OCc3ccccc32)CC1)Nc1ccc2c(c1O)Cc1ccccc1-2. The second-order valence-electron chi connectivity index (χ2n) is 9.43. The number of cyclic esters (lactones) is 1. The molecule has 7 nitrogen and oxygen atoms in total. The molecule has 2 amide bonds. The molecule has 2 N–H and O–H groups in total. The van der Waals surface area contributed by atoms with E-state index in [0.29, 0.717) is 31.8 Å². The van der Waals surface area contributed by atoms with E-state index in [2.05, 4.69) is 22.3 Å². The number of phenolic OH excluding ortho intramolecular Hbond substituents is 1. The molecule has 2 heterocycles. The standard InChI is InChI=1S/C28H27N3O4/c32-26(29-24-10-9-22-21-7-3-1-5-18(21)15-23(22)27(24)33)16-30-13-11-20(12-14-30)31-25-8-4-2-6-19(25)17-35-28(31)34/h1-10,20,33H,11-17H2,(H,29,32). The van der Waals surface area contributed by atoms with Gasteiger partial charge in [0, 0.05) is 36.7 Å². The van der Waals surface area contributed by atoms with Gasteiger partial charge in [-0.2, -0.15) is 0 Å². The smallest absolute Gasteiger partial charge is 0.414 e. The highest BCUT2D eigenvalue weighted by Gasteiger charge is 2.34. The van der Waals surface area contributed by atoms with E-state index in [1.54, 1.807) is 11.0 Å². The van der Waals surface area contributed by atoms with Crippen LogP contribution in [-0.2, 0) is 22.6 Å². The fourth-order valence-corrected chi connectivity index (χ4v) is 5.55. The molecule has 178 valence electrons. The van der Waals surface area contributed by atoms with Gasteiger partial charge in [-0.25, -0.2) is 4.79 Å². The van der Waals surface area contributed by atoms with Crippen LogP contribution in [0.1, 0.15) is 29.5 Å². The monoisotopic (exact) mass is 469 g/mol. The number of hydrogen-bond acceptors (Lipinski definition) is 5. The number of nitrogens with one attached hydrogen (secondary N) is 1. The van der Waals surface area contributed by atoms with Crippen LogP contribution in [0, 0.1) is 0 Å². The fourth-order valence-electron chi connectivity index (χ4n) is 5.55. The van der Waals surface area contributed by atoms with Crippen LogP contribution in [0.3, 0.4) is 0 Å². The number of piperidine rings is 1. The lowest BCUT2D eigenvalue weighted by Crippen LogP contribution is -2.50. The summed E-state index contributed by atoms with van der Waals surface area (Å²) < 4.78 is 5.38. The van der Waals surface area contributed by atoms with Crippen molar-refractivity contribution < 1.29 is 19.4 Å². The van der Waals surface area contributed by atoms with Crippen molar-refractivity contribution in [3.05, 3.63) is 77.4 Å². The lowest BCUT2D eigenvalue weighted by molar-refractivity contribution is -0.117. The second-order valence-corrected chi connectivity index (χ2v) is 9.43. The Morgan fingerprint density at radius 2 is 1.71 bits per heavy atom. The van der Waals surface area contributed by atoms with Crippen LogP contribution in [-0.4, -0.2) is 47.7 Å². The predicted octanol–water partition coefficient (Wildman–Crippen LogP) is 4.52. The quantitative estimate of drug-likeness (QED) is 0.430. The highest BCUT2D eigenvalue weighted by atomic mass is 16.6. The number of benzene rings is 3. The van der Waals surface area contributed by atoms with Gasteiger partial charge in [-0.1, -0.05) is 48.5 Å². The summed E-state index contributed by atoms with van der Waals surface area (Å²) in [5, 5.41) is 13.7. The molecule has 2 aliphatic heterocycles. The Balaban J connectivity index is 1.08. The van der Waals surface area contributed by atoms with Crippen molar-refractivity contribution in [2.75, 3.05) is 29.9 Å². The van der Waals surface area contributed by atoms with E-state index < -0.39 is 0 Å². The van der Waals surface area contributed by atoms with Crippen molar-refractivity contribution >= 4 is 23.4 Å². The Kier molecular flexibility index (Phi) is 5.41. The number of likely N-dealkylation sites (tertiary alicyclic amines) is 1. The van der Waals surface area contributed by atoms with E-state index in [0.717, 1.165) is 40.8 Å². The van der Waals surface area contributed by atoms with Crippen LogP contribution in [0.4, 0.5) is 16.2 Å². The molecule has 3 aliphatic rings. The predicted molar refractivity (Wildman–Crippen MR) is 134 cm³/mol. The van der Waals surface area contributed by atoms with Crippen LogP contribution >= 0.6 is 0 Å². The van der Waals surface area contributed by atoms with Gasteiger partial charge < -0.3 is 15.2 Å². The zero-order valence-corrected chi connectivity index (χ0v) is 19.4. The molecule has 0 unspecified atom stereocenters. The summed E-state index contributed by atoms with van der Waals surface area (Å²) in [5.41, 5.74) is 6.60. The number of anilines is 2. The lowest BCUT2D eigenvalue weighted by atomic mass is 10.0. The van der Waals surface area contributed by atoms with Gasteiger partial charge >= 0.3 is 6.09 Å². The van der Waals surface area contributed by atoms with E-state index in [4.69, 9.17) is 4.74 Å². The maximum absolute atomic E-state index is 12.8. The third kappa shape index (κ3) is 3.91. The molecule has 3 aromatic rings. The first kappa shape index (κ1) is 21.7. The van der Waals surface area contributed by atoms with Gasteiger partial charge in [0.25, 0.3) is 0 Å². The summed E-state index contributed by atoms with van der Waals surface area (Å²) in [6, 6.07) is 19.8. The van der Waals surface area contributed by atoms with Gasteiger partial charge in [-0.15, -0.1) is 0 Å². The molecule has 3 aromatic carbocycles. The topological polar surface area (TPSA) is 82.1 Å². The molecule has 0 atom stereocenters. The molecule has 0 spiro atoms. The highest BCUT2D eigenvalue weighted by Crippen LogP contribution is 2.44. The number of ether oxygens (including phenoxy) is 1. The van der Waals surface area contributed by atoms with Gasteiger partial charge in [0.05, 0.1) is 17.9 Å². The zero-order chi connectivity index (χ0) is 23.9. The third-order valence-electron chi connectivity index (χ3n) is 7.32. The maximum atomic E-state index is 12.8. The van der Waals surface area contributed by atoms with Gasteiger partial charge in [-0.05, 0) is 41.7 Å². The summed E-state index contributed by atoms with van der Waals surface area (Å²) in [7, 11) is 0.